The molecule has 3 aromatic heterocycles. The molecule has 62 heavy (non-hydrogen) atoms. The van der Waals surface area contributed by atoms with Crippen molar-refractivity contribution in [2.24, 2.45) is 0 Å². The van der Waals surface area contributed by atoms with E-state index in [4.69, 9.17) is 4.42 Å². The van der Waals surface area contributed by atoms with E-state index in [9.17, 15) is 5.26 Å². The Morgan fingerprint density at radius 1 is 0.581 bits per heavy atom. The van der Waals surface area contributed by atoms with Crippen molar-refractivity contribution in [3.05, 3.63) is 162 Å². The molecule has 0 saturated carbocycles. The van der Waals surface area contributed by atoms with Crippen LogP contribution >= 0.6 is 0 Å². The average molecular weight is 993 g/mol. The van der Waals surface area contributed by atoms with Crippen LogP contribution in [-0.4, -0.2) is 15.0 Å². The molecule has 1 radical (unpaired) electrons. The number of hydrogen-bond donors (Lipinski definition) is 0. The molecule has 5 nitrogen and oxygen atoms in total. The summed E-state index contributed by atoms with van der Waals surface area (Å²) in [6.07, 6.45) is 3.57. The second-order valence-electron chi connectivity index (χ2n) is 20.0. The van der Waals surface area contributed by atoms with E-state index >= 15 is 0 Å². The van der Waals surface area contributed by atoms with Crippen LogP contribution in [0.5, 0.6) is 0 Å². The van der Waals surface area contributed by atoms with Crippen molar-refractivity contribution in [3.63, 3.8) is 0 Å². The Labute approximate surface area is 382 Å². The number of pyridine rings is 1. The van der Waals surface area contributed by atoms with Gasteiger partial charge in [-0.3, -0.25) is 4.98 Å². The summed E-state index contributed by atoms with van der Waals surface area (Å²) >= 11 is 0. The van der Waals surface area contributed by atoms with Gasteiger partial charge in [0, 0.05) is 48.4 Å². The molecule has 8 rings (SSSR count). The van der Waals surface area contributed by atoms with Gasteiger partial charge in [0.25, 0.3) is 0 Å². The third-order valence-electron chi connectivity index (χ3n) is 11.2. The molecule has 0 bridgehead atoms. The molecular formula is C56H56IrN4O-2. The summed E-state index contributed by atoms with van der Waals surface area (Å²) in [7, 11) is 0. The fraction of sp³-hybridized carbons (Fsp3) is 0.286. The first-order chi connectivity index (χ1) is 28.7. The molecule has 0 amide bonds. The van der Waals surface area contributed by atoms with E-state index in [1.807, 2.05) is 48.7 Å². The van der Waals surface area contributed by atoms with Crippen LogP contribution in [0.4, 0.5) is 0 Å². The zero-order chi connectivity index (χ0) is 43.9. The molecule has 8 aromatic rings. The first-order valence-electron chi connectivity index (χ1n) is 21.1. The molecule has 0 atom stereocenters. The maximum atomic E-state index is 10.2. The van der Waals surface area contributed by atoms with Gasteiger partial charge in [0.15, 0.2) is 0 Å². The first-order valence-corrected chi connectivity index (χ1v) is 21.1. The summed E-state index contributed by atoms with van der Waals surface area (Å²) < 4.78 is 6.84. The van der Waals surface area contributed by atoms with Crippen LogP contribution in [0, 0.1) is 23.5 Å². The van der Waals surface area contributed by atoms with Crippen LogP contribution in [0.15, 0.2) is 126 Å². The predicted octanol–water partition coefficient (Wildman–Crippen LogP) is 14.8. The van der Waals surface area contributed by atoms with Crippen molar-refractivity contribution < 1.29 is 24.5 Å². The Hall–Kier alpha value is -5.73. The monoisotopic (exact) mass is 993 g/mol. The zero-order valence-corrected chi connectivity index (χ0v) is 40.5. The quantitative estimate of drug-likeness (QED) is 0.164. The topological polar surface area (TPSA) is 75.6 Å². The van der Waals surface area contributed by atoms with Crippen molar-refractivity contribution in [3.8, 4) is 50.8 Å². The summed E-state index contributed by atoms with van der Waals surface area (Å²) in [5.41, 5.74) is 14.2. The maximum Gasteiger partial charge on any atom is 0.130 e. The minimum atomic E-state index is -0.162. The molecular weight excluding hydrogens is 937 g/mol. The maximum absolute atomic E-state index is 10.2. The van der Waals surface area contributed by atoms with Gasteiger partial charge in [-0.05, 0) is 61.5 Å². The van der Waals surface area contributed by atoms with Gasteiger partial charge in [0.05, 0.1) is 17.2 Å². The Morgan fingerprint density at radius 3 is 1.76 bits per heavy atom. The second-order valence-corrected chi connectivity index (χ2v) is 20.0. The van der Waals surface area contributed by atoms with Crippen LogP contribution in [0.3, 0.4) is 0 Å². The summed E-state index contributed by atoms with van der Waals surface area (Å²) in [6, 6.07) is 46.5. The fourth-order valence-electron chi connectivity index (χ4n) is 7.49. The van der Waals surface area contributed by atoms with Crippen molar-refractivity contribution in [1.29, 1.82) is 5.26 Å². The number of nitrogens with zero attached hydrogens (tertiary/aromatic N) is 4. The molecule has 0 aliphatic heterocycles. The van der Waals surface area contributed by atoms with E-state index in [1.54, 1.807) is 6.33 Å². The molecule has 0 N–H and O–H groups in total. The van der Waals surface area contributed by atoms with Crippen molar-refractivity contribution in [1.82, 2.24) is 15.0 Å². The van der Waals surface area contributed by atoms with Crippen molar-refractivity contribution in [2.45, 2.75) is 105 Å². The van der Waals surface area contributed by atoms with Gasteiger partial charge in [0.2, 0.25) is 0 Å². The molecule has 0 fully saturated rings. The van der Waals surface area contributed by atoms with E-state index in [0.29, 0.717) is 11.1 Å². The molecule has 0 saturated heterocycles. The first kappa shape index (κ1) is 45.8. The summed E-state index contributed by atoms with van der Waals surface area (Å²) in [5.74, 6) is 0. The number of furan rings is 1. The third kappa shape index (κ3) is 9.66. The number of rotatable bonds is 4. The molecule has 5 aromatic carbocycles. The van der Waals surface area contributed by atoms with Gasteiger partial charge in [-0.1, -0.05) is 167 Å². The van der Waals surface area contributed by atoms with E-state index in [2.05, 4.69) is 183 Å². The van der Waals surface area contributed by atoms with Gasteiger partial charge in [-0.2, -0.15) is 5.26 Å². The van der Waals surface area contributed by atoms with Crippen LogP contribution < -0.4 is 0 Å². The Morgan fingerprint density at radius 2 is 1.21 bits per heavy atom. The van der Waals surface area contributed by atoms with E-state index < -0.39 is 0 Å². The van der Waals surface area contributed by atoms with E-state index in [0.717, 1.165) is 72.4 Å². The Bertz CT molecular complexity index is 2860. The van der Waals surface area contributed by atoms with Gasteiger partial charge < -0.3 is 9.40 Å². The van der Waals surface area contributed by atoms with Gasteiger partial charge in [0.1, 0.15) is 11.9 Å². The van der Waals surface area contributed by atoms with Crippen molar-refractivity contribution >= 4 is 21.9 Å². The van der Waals surface area contributed by atoms with Gasteiger partial charge in [-0.15, -0.1) is 53.6 Å². The number of hydrogen-bond acceptors (Lipinski definition) is 5. The van der Waals surface area contributed by atoms with Crippen molar-refractivity contribution in [2.75, 3.05) is 0 Å². The summed E-state index contributed by atoms with van der Waals surface area (Å²) in [4.78, 5) is 13.7. The molecule has 0 unspecified atom stereocenters. The Balaban J connectivity index is 0.000000317. The summed E-state index contributed by atoms with van der Waals surface area (Å²) in [5, 5.41) is 12.3. The van der Waals surface area contributed by atoms with E-state index in [-0.39, 0.29) is 41.8 Å². The smallest absolute Gasteiger partial charge is 0.130 e. The zero-order valence-electron chi connectivity index (χ0n) is 38.1. The molecule has 3 heterocycles. The molecule has 317 valence electrons. The minimum Gasteiger partial charge on any atom is -0.500 e. The number of aromatic nitrogens is 3. The van der Waals surface area contributed by atoms with Crippen LogP contribution in [0.25, 0.3) is 66.7 Å². The number of fused-ring (bicyclic) bond motifs is 3. The van der Waals surface area contributed by atoms with Gasteiger partial charge >= 0.3 is 0 Å². The molecule has 6 heteroatoms. The largest absolute Gasteiger partial charge is 0.500 e. The molecule has 0 aliphatic carbocycles. The number of benzene rings is 5. The summed E-state index contributed by atoms with van der Waals surface area (Å²) in [6.45, 7) is 26.3. The SMILES string of the molecule is CC(C)(C)c1ccc(-c2[c-]cccc2)nc1.CC(C)(C)c1ccc(-c2ccc(-c3c(C#N)ccc4c3oc3c(-c5cc(C(C)(C)C)ncn5)[c-]cc(C(C)(C)C)c34)cc2)cc1.[Ir]. The fourth-order valence-corrected chi connectivity index (χ4v) is 7.49. The number of nitriles is 1. The normalized spacial score (nSPS) is 12.0. The molecule has 0 aliphatic rings. The van der Waals surface area contributed by atoms with Gasteiger partial charge in [-0.25, -0.2) is 4.98 Å². The van der Waals surface area contributed by atoms with E-state index in [1.165, 1.54) is 11.1 Å². The second kappa shape index (κ2) is 17.6. The minimum absolute atomic E-state index is 0. The van der Waals surface area contributed by atoms with Crippen LogP contribution in [0.2, 0.25) is 0 Å². The molecule has 0 spiro atoms. The standard InChI is InChI=1S/C41H40N3O.C15H16N.Ir/c1-39(2,3)29-17-14-26(15-18-29)25-10-12-27(13-11-25)35-28(23-42)16-19-31-36-32(40(4,5)6)21-20-30(37(36)45-38(31)35)33-22-34(41(7,8)9)44-24-43-33;1-15(2,3)13-9-10-14(16-11-13)12-7-5-4-6-8-12;/h10-19,21-22,24H,1-9H3;4-7,9-11H,1-3H3;/q2*-1;. The Kier molecular flexibility index (Phi) is 13.0. The van der Waals surface area contributed by atoms with Crippen LogP contribution in [0.1, 0.15) is 111 Å². The van der Waals surface area contributed by atoms with Crippen LogP contribution in [-0.2, 0) is 41.8 Å². The third-order valence-corrected chi connectivity index (χ3v) is 11.2. The average Bonchev–Trinajstić information content (AvgIpc) is 3.62. The predicted molar refractivity (Wildman–Crippen MR) is 252 cm³/mol.